The van der Waals surface area contributed by atoms with E-state index < -0.39 is 0 Å². The number of likely N-dealkylation sites (tertiary alicyclic amines) is 1. The monoisotopic (exact) mass is 278 g/mol. The molecule has 2 heterocycles. The molecular weight excluding hydrogens is 248 g/mol. The van der Waals surface area contributed by atoms with Crippen LogP contribution in [0.2, 0.25) is 0 Å². The van der Waals surface area contributed by atoms with Gasteiger partial charge in [0, 0.05) is 37.9 Å². The molecule has 20 heavy (non-hydrogen) atoms. The molecule has 0 aliphatic carbocycles. The first kappa shape index (κ1) is 15.5. The minimum Gasteiger partial charge on any atom is -0.345 e. The lowest BCUT2D eigenvalue weighted by molar-refractivity contribution is 0.189. The van der Waals surface area contributed by atoms with E-state index in [4.69, 9.17) is 0 Å². The third-order valence-corrected chi connectivity index (χ3v) is 4.29. The number of hydrogen-bond acceptors (Lipinski definition) is 3. The van der Waals surface area contributed by atoms with E-state index in [1.807, 2.05) is 6.20 Å². The Labute approximate surface area is 123 Å². The SMILES string of the molecule is CCCCc1ncc(CN(C)CC2(C)CCN(C)C2)[nH]1. The van der Waals surface area contributed by atoms with Gasteiger partial charge in [-0.15, -0.1) is 0 Å². The Morgan fingerprint density at radius 1 is 1.50 bits per heavy atom. The maximum Gasteiger partial charge on any atom is 0.106 e. The maximum absolute atomic E-state index is 4.48. The zero-order valence-corrected chi connectivity index (χ0v) is 13.6. The van der Waals surface area contributed by atoms with Crippen molar-refractivity contribution in [2.75, 3.05) is 33.7 Å². The molecule has 1 aromatic heterocycles. The predicted octanol–water partition coefficient (Wildman–Crippen LogP) is 2.53. The molecule has 1 saturated heterocycles. The van der Waals surface area contributed by atoms with Crippen molar-refractivity contribution in [3.63, 3.8) is 0 Å². The lowest BCUT2D eigenvalue weighted by Crippen LogP contribution is -2.35. The number of H-pyrrole nitrogens is 1. The molecule has 0 bridgehead atoms. The van der Waals surface area contributed by atoms with Crippen molar-refractivity contribution in [2.45, 2.75) is 46.1 Å². The van der Waals surface area contributed by atoms with E-state index in [9.17, 15) is 0 Å². The van der Waals surface area contributed by atoms with E-state index in [0.29, 0.717) is 5.41 Å². The summed E-state index contributed by atoms with van der Waals surface area (Å²) in [5.41, 5.74) is 1.68. The molecule has 1 aliphatic heterocycles. The fourth-order valence-electron chi connectivity index (χ4n) is 3.36. The summed E-state index contributed by atoms with van der Waals surface area (Å²) in [6, 6.07) is 0. The normalized spacial score (nSPS) is 23.9. The fourth-order valence-corrected chi connectivity index (χ4v) is 3.36. The maximum atomic E-state index is 4.48. The van der Waals surface area contributed by atoms with Gasteiger partial charge >= 0.3 is 0 Å². The van der Waals surface area contributed by atoms with Gasteiger partial charge in [-0.3, -0.25) is 4.90 Å². The summed E-state index contributed by atoms with van der Waals surface area (Å²) in [7, 11) is 4.44. The zero-order valence-electron chi connectivity index (χ0n) is 13.6. The lowest BCUT2D eigenvalue weighted by atomic mass is 9.89. The number of unbranched alkanes of at least 4 members (excludes halogenated alkanes) is 1. The van der Waals surface area contributed by atoms with Crippen molar-refractivity contribution >= 4 is 0 Å². The Kier molecular flexibility index (Phi) is 5.22. The summed E-state index contributed by atoms with van der Waals surface area (Å²) in [4.78, 5) is 12.8. The Balaban J connectivity index is 1.82. The smallest absolute Gasteiger partial charge is 0.106 e. The van der Waals surface area contributed by atoms with Gasteiger partial charge in [-0.2, -0.15) is 0 Å². The van der Waals surface area contributed by atoms with Crippen LogP contribution < -0.4 is 0 Å². The highest BCUT2D eigenvalue weighted by molar-refractivity contribution is 5.01. The topological polar surface area (TPSA) is 35.2 Å². The van der Waals surface area contributed by atoms with Crippen LogP contribution in [0.4, 0.5) is 0 Å². The molecule has 1 fully saturated rings. The molecule has 0 saturated carbocycles. The summed E-state index contributed by atoms with van der Waals surface area (Å²) >= 11 is 0. The van der Waals surface area contributed by atoms with Crippen LogP contribution in [-0.4, -0.2) is 53.5 Å². The van der Waals surface area contributed by atoms with Crippen LogP contribution in [0.1, 0.15) is 44.6 Å². The molecule has 0 spiro atoms. The molecule has 0 amide bonds. The Hall–Kier alpha value is -0.870. The van der Waals surface area contributed by atoms with Gasteiger partial charge in [0.15, 0.2) is 0 Å². The van der Waals surface area contributed by atoms with Crippen LogP contribution in [0, 0.1) is 5.41 Å². The quantitative estimate of drug-likeness (QED) is 0.832. The van der Waals surface area contributed by atoms with Crippen LogP contribution >= 0.6 is 0 Å². The molecule has 1 unspecified atom stereocenters. The Morgan fingerprint density at radius 2 is 2.30 bits per heavy atom. The van der Waals surface area contributed by atoms with Crippen molar-refractivity contribution in [1.29, 1.82) is 0 Å². The van der Waals surface area contributed by atoms with E-state index in [-0.39, 0.29) is 0 Å². The van der Waals surface area contributed by atoms with E-state index in [0.717, 1.165) is 25.3 Å². The number of nitrogens with zero attached hydrogens (tertiary/aromatic N) is 3. The molecule has 1 aliphatic rings. The average Bonchev–Trinajstić information content (AvgIpc) is 2.94. The molecule has 0 aromatic carbocycles. The second kappa shape index (κ2) is 6.72. The Bertz CT molecular complexity index is 414. The summed E-state index contributed by atoms with van der Waals surface area (Å²) in [5.74, 6) is 1.14. The zero-order chi connectivity index (χ0) is 14.6. The highest BCUT2D eigenvalue weighted by Gasteiger charge is 2.32. The van der Waals surface area contributed by atoms with Gasteiger partial charge in [0.05, 0.1) is 0 Å². The summed E-state index contributed by atoms with van der Waals surface area (Å²) in [6.45, 7) is 9.19. The molecule has 114 valence electrons. The first-order valence-electron chi connectivity index (χ1n) is 7.90. The van der Waals surface area contributed by atoms with Crippen LogP contribution in [0.25, 0.3) is 0 Å². The van der Waals surface area contributed by atoms with Crippen molar-refractivity contribution in [3.8, 4) is 0 Å². The number of nitrogens with one attached hydrogen (secondary N) is 1. The summed E-state index contributed by atoms with van der Waals surface area (Å²) in [5, 5.41) is 0. The molecule has 0 radical (unpaired) electrons. The molecule has 4 nitrogen and oxygen atoms in total. The minimum absolute atomic E-state index is 0.439. The van der Waals surface area contributed by atoms with Gasteiger partial charge < -0.3 is 9.88 Å². The van der Waals surface area contributed by atoms with Crippen molar-refractivity contribution in [2.24, 2.45) is 5.41 Å². The summed E-state index contributed by atoms with van der Waals surface area (Å²) < 4.78 is 0. The van der Waals surface area contributed by atoms with Gasteiger partial charge in [0.1, 0.15) is 5.82 Å². The fraction of sp³-hybridized carbons (Fsp3) is 0.812. The second-order valence-corrected chi connectivity index (χ2v) is 6.93. The highest BCUT2D eigenvalue weighted by Crippen LogP contribution is 2.29. The van der Waals surface area contributed by atoms with E-state index in [1.54, 1.807) is 0 Å². The summed E-state index contributed by atoms with van der Waals surface area (Å²) in [6.07, 6.45) is 6.82. The van der Waals surface area contributed by atoms with Gasteiger partial charge in [-0.1, -0.05) is 20.3 Å². The van der Waals surface area contributed by atoms with Crippen LogP contribution in [0.3, 0.4) is 0 Å². The van der Waals surface area contributed by atoms with E-state index in [2.05, 4.69) is 47.7 Å². The van der Waals surface area contributed by atoms with Gasteiger partial charge in [-0.25, -0.2) is 4.98 Å². The van der Waals surface area contributed by atoms with Gasteiger partial charge in [-0.05, 0) is 38.9 Å². The van der Waals surface area contributed by atoms with Crippen molar-refractivity contribution < 1.29 is 0 Å². The largest absolute Gasteiger partial charge is 0.345 e. The van der Waals surface area contributed by atoms with E-state index >= 15 is 0 Å². The number of aromatic amines is 1. The second-order valence-electron chi connectivity index (χ2n) is 6.93. The molecular formula is C16H30N4. The number of imidazole rings is 1. The van der Waals surface area contributed by atoms with Crippen molar-refractivity contribution in [3.05, 3.63) is 17.7 Å². The van der Waals surface area contributed by atoms with Crippen molar-refractivity contribution in [1.82, 2.24) is 19.8 Å². The molecule has 1 aromatic rings. The first-order chi connectivity index (χ1) is 9.50. The number of hydrogen-bond donors (Lipinski definition) is 1. The standard InChI is InChI=1S/C16H30N4/c1-5-6-7-15-17-10-14(18-15)11-20(4)13-16(2)8-9-19(3)12-16/h10H,5-9,11-13H2,1-4H3,(H,17,18). The molecule has 1 atom stereocenters. The van der Waals surface area contributed by atoms with Crippen LogP contribution in [-0.2, 0) is 13.0 Å². The van der Waals surface area contributed by atoms with Crippen LogP contribution in [0.5, 0.6) is 0 Å². The number of rotatable bonds is 7. The molecule has 4 heteroatoms. The highest BCUT2D eigenvalue weighted by atomic mass is 15.2. The Morgan fingerprint density at radius 3 is 2.95 bits per heavy atom. The third-order valence-electron chi connectivity index (χ3n) is 4.29. The van der Waals surface area contributed by atoms with Gasteiger partial charge in [0.2, 0.25) is 0 Å². The molecule has 1 N–H and O–H groups in total. The first-order valence-corrected chi connectivity index (χ1v) is 7.90. The van der Waals surface area contributed by atoms with Crippen LogP contribution in [0.15, 0.2) is 6.20 Å². The third kappa shape index (κ3) is 4.32. The van der Waals surface area contributed by atoms with E-state index in [1.165, 1.54) is 38.0 Å². The molecule has 2 rings (SSSR count). The predicted molar refractivity (Wildman–Crippen MR) is 83.8 cm³/mol. The van der Waals surface area contributed by atoms with Gasteiger partial charge in [0.25, 0.3) is 0 Å². The average molecular weight is 278 g/mol. The number of aryl methyl sites for hydroxylation is 1. The minimum atomic E-state index is 0.439. The number of aromatic nitrogens is 2. The lowest BCUT2D eigenvalue weighted by Gasteiger charge is -2.29.